The molecule has 0 bridgehead atoms. The normalized spacial score (nSPS) is 21.0. The quantitative estimate of drug-likeness (QED) is 0.711. The predicted molar refractivity (Wildman–Crippen MR) is 54.9 cm³/mol. The number of ether oxygens (including phenoxy) is 1. The highest BCUT2D eigenvalue weighted by Gasteiger charge is 2.19. The topological polar surface area (TPSA) is 61.1 Å². The maximum absolute atomic E-state index is 11.8. The molecule has 0 amide bonds. The molecule has 1 aliphatic rings. The van der Waals surface area contributed by atoms with Crippen LogP contribution in [-0.2, 0) is 11.3 Å². The van der Waals surface area contributed by atoms with Gasteiger partial charge in [0.1, 0.15) is 6.33 Å². The van der Waals surface area contributed by atoms with Gasteiger partial charge in [-0.25, -0.2) is 9.48 Å². The smallest absolute Gasteiger partial charge is 0.346 e. The van der Waals surface area contributed by atoms with E-state index in [0.717, 1.165) is 19.5 Å². The summed E-state index contributed by atoms with van der Waals surface area (Å²) in [4.78, 5) is 11.8. The highest BCUT2D eigenvalue weighted by atomic mass is 16.5. The van der Waals surface area contributed by atoms with Crippen LogP contribution < -0.4 is 11.0 Å². The second kappa shape index (κ2) is 4.59. The van der Waals surface area contributed by atoms with Crippen molar-refractivity contribution in [2.24, 2.45) is 0 Å². The Labute approximate surface area is 87.8 Å². The van der Waals surface area contributed by atoms with E-state index in [9.17, 15) is 4.79 Å². The van der Waals surface area contributed by atoms with Gasteiger partial charge in [-0.05, 0) is 13.0 Å². The minimum absolute atomic E-state index is 0.0410. The van der Waals surface area contributed by atoms with Gasteiger partial charge in [0, 0.05) is 13.7 Å². The molecule has 1 atom stereocenters. The largest absolute Gasteiger partial charge is 0.383 e. The molecule has 0 spiro atoms. The number of hydrogen-bond donors (Lipinski definition) is 1. The van der Waals surface area contributed by atoms with Crippen LogP contribution in [0, 0.1) is 0 Å². The first-order valence-corrected chi connectivity index (χ1v) is 5.16. The van der Waals surface area contributed by atoms with Gasteiger partial charge < -0.3 is 10.1 Å². The fourth-order valence-corrected chi connectivity index (χ4v) is 1.81. The Balaban J connectivity index is 2.12. The molecule has 1 fully saturated rings. The lowest BCUT2D eigenvalue weighted by atomic mass is 10.3. The molecular weight excluding hydrogens is 196 g/mol. The SMILES string of the molecule is COCCn1ncn(C2CCNC2)c1=O. The van der Waals surface area contributed by atoms with Crippen molar-refractivity contribution in [3.05, 3.63) is 16.8 Å². The summed E-state index contributed by atoms with van der Waals surface area (Å²) >= 11 is 0. The average Bonchev–Trinajstić information content (AvgIpc) is 2.84. The third kappa shape index (κ3) is 2.10. The molecule has 15 heavy (non-hydrogen) atoms. The van der Waals surface area contributed by atoms with Crippen LogP contribution in [0.5, 0.6) is 0 Å². The van der Waals surface area contributed by atoms with Crippen molar-refractivity contribution < 1.29 is 4.74 Å². The summed E-state index contributed by atoms with van der Waals surface area (Å²) < 4.78 is 8.06. The van der Waals surface area contributed by atoms with Crippen LogP contribution in [0.1, 0.15) is 12.5 Å². The van der Waals surface area contributed by atoms with E-state index in [4.69, 9.17) is 4.74 Å². The molecular formula is C9H16N4O2. The van der Waals surface area contributed by atoms with Gasteiger partial charge in [0.05, 0.1) is 19.2 Å². The van der Waals surface area contributed by atoms with E-state index in [0.29, 0.717) is 13.2 Å². The molecule has 1 unspecified atom stereocenters. The first kappa shape index (κ1) is 10.4. The maximum Gasteiger partial charge on any atom is 0.346 e. The predicted octanol–water partition coefficient (Wildman–Crippen LogP) is -0.774. The standard InChI is InChI=1S/C9H16N4O2/c1-15-5-4-13-9(14)12(7-11-13)8-2-3-10-6-8/h7-8,10H,2-6H2,1H3. The molecule has 0 aliphatic carbocycles. The molecule has 2 rings (SSSR count). The lowest BCUT2D eigenvalue weighted by Gasteiger charge is -2.06. The molecule has 1 aromatic heterocycles. The summed E-state index contributed by atoms with van der Waals surface area (Å²) in [5.74, 6) is 0. The summed E-state index contributed by atoms with van der Waals surface area (Å²) in [6.45, 7) is 2.86. The zero-order valence-electron chi connectivity index (χ0n) is 8.85. The number of nitrogens with zero attached hydrogens (tertiary/aromatic N) is 3. The summed E-state index contributed by atoms with van der Waals surface area (Å²) in [6, 6.07) is 0.258. The van der Waals surface area contributed by atoms with Crippen LogP contribution in [0.4, 0.5) is 0 Å². The highest BCUT2D eigenvalue weighted by Crippen LogP contribution is 2.11. The van der Waals surface area contributed by atoms with Crippen LogP contribution in [0.15, 0.2) is 11.1 Å². The van der Waals surface area contributed by atoms with Crippen molar-refractivity contribution in [2.75, 3.05) is 26.8 Å². The molecule has 1 aromatic rings. The summed E-state index contributed by atoms with van der Waals surface area (Å²) in [7, 11) is 1.61. The third-order valence-electron chi connectivity index (χ3n) is 2.69. The van der Waals surface area contributed by atoms with Crippen molar-refractivity contribution in [2.45, 2.75) is 19.0 Å². The third-order valence-corrected chi connectivity index (χ3v) is 2.69. The monoisotopic (exact) mass is 212 g/mol. The van der Waals surface area contributed by atoms with E-state index in [-0.39, 0.29) is 11.7 Å². The van der Waals surface area contributed by atoms with Crippen LogP contribution in [0.2, 0.25) is 0 Å². The Morgan fingerprint density at radius 3 is 3.27 bits per heavy atom. The van der Waals surface area contributed by atoms with Crippen molar-refractivity contribution in [1.82, 2.24) is 19.7 Å². The minimum Gasteiger partial charge on any atom is -0.383 e. The highest BCUT2D eigenvalue weighted by molar-refractivity contribution is 4.82. The van der Waals surface area contributed by atoms with Gasteiger partial charge in [-0.1, -0.05) is 0 Å². The zero-order valence-corrected chi connectivity index (χ0v) is 8.85. The number of aromatic nitrogens is 3. The van der Waals surface area contributed by atoms with E-state index in [1.54, 1.807) is 18.0 Å². The Hall–Kier alpha value is -1.14. The Kier molecular flexibility index (Phi) is 3.17. The van der Waals surface area contributed by atoms with Gasteiger partial charge in [-0.2, -0.15) is 5.10 Å². The second-order valence-corrected chi connectivity index (χ2v) is 3.68. The van der Waals surface area contributed by atoms with Gasteiger partial charge in [-0.15, -0.1) is 0 Å². The molecule has 2 heterocycles. The second-order valence-electron chi connectivity index (χ2n) is 3.68. The summed E-state index contributed by atoms with van der Waals surface area (Å²) in [6.07, 6.45) is 2.62. The van der Waals surface area contributed by atoms with Crippen LogP contribution in [0.3, 0.4) is 0 Å². The zero-order chi connectivity index (χ0) is 10.7. The van der Waals surface area contributed by atoms with E-state index >= 15 is 0 Å². The fourth-order valence-electron chi connectivity index (χ4n) is 1.81. The average molecular weight is 212 g/mol. The van der Waals surface area contributed by atoms with Crippen molar-refractivity contribution in [3.63, 3.8) is 0 Å². The van der Waals surface area contributed by atoms with Gasteiger partial charge in [0.15, 0.2) is 0 Å². The van der Waals surface area contributed by atoms with Gasteiger partial charge >= 0.3 is 5.69 Å². The van der Waals surface area contributed by atoms with Gasteiger partial charge in [0.2, 0.25) is 0 Å². The molecule has 6 nitrogen and oxygen atoms in total. The molecule has 1 aliphatic heterocycles. The molecule has 6 heteroatoms. The number of methoxy groups -OCH3 is 1. The molecule has 0 radical (unpaired) electrons. The first-order chi connectivity index (χ1) is 7.33. The van der Waals surface area contributed by atoms with E-state index in [1.165, 1.54) is 4.68 Å². The summed E-state index contributed by atoms with van der Waals surface area (Å²) in [5, 5.41) is 7.29. The van der Waals surface area contributed by atoms with Crippen LogP contribution >= 0.6 is 0 Å². The molecule has 0 aromatic carbocycles. The van der Waals surface area contributed by atoms with Crippen LogP contribution in [-0.4, -0.2) is 41.2 Å². The lowest BCUT2D eigenvalue weighted by molar-refractivity contribution is 0.182. The molecule has 1 saturated heterocycles. The first-order valence-electron chi connectivity index (χ1n) is 5.16. The van der Waals surface area contributed by atoms with Gasteiger partial charge in [-0.3, -0.25) is 4.57 Å². The number of nitrogens with one attached hydrogen (secondary N) is 1. The Morgan fingerprint density at radius 2 is 2.60 bits per heavy atom. The number of hydrogen-bond acceptors (Lipinski definition) is 4. The van der Waals surface area contributed by atoms with E-state index in [1.807, 2.05) is 0 Å². The van der Waals surface area contributed by atoms with Gasteiger partial charge in [0.25, 0.3) is 0 Å². The van der Waals surface area contributed by atoms with Crippen LogP contribution in [0.25, 0.3) is 0 Å². The molecule has 0 saturated carbocycles. The lowest BCUT2D eigenvalue weighted by Crippen LogP contribution is -2.29. The van der Waals surface area contributed by atoms with Crippen molar-refractivity contribution >= 4 is 0 Å². The summed E-state index contributed by atoms with van der Waals surface area (Å²) in [5.41, 5.74) is -0.0410. The van der Waals surface area contributed by atoms with Crippen molar-refractivity contribution in [1.29, 1.82) is 0 Å². The maximum atomic E-state index is 11.8. The minimum atomic E-state index is -0.0410. The molecule has 1 N–H and O–H groups in total. The van der Waals surface area contributed by atoms with E-state index < -0.39 is 0 Å². The van der Waals surface area contributed by atoms with Crippen molar-refractivity contribution in [3.8, 4) is 0 Å². The Morgan fingerprint density at radius 1 is 1.73 bits per heavy atom. The molecule has 84 valence electrons. The van der Waals surface area contributed by atoms with E-state index in [2.05, 4.69) is 10.4 Å². The number of rotatable bonds is 4. The fraction of sp³-hybridized carbons (Fsp3) is 0.778. The Bertz CT molecular complexity index is 364.